The van der Waals surface area contributed by atoms with Crippen LogP contribution in [-0.4, -0.2) is 55.3 Å². The van der Waals surface area contributed by atoms with Crippen LogP contribution >= 0.6 is 11.8 Å². The van der Waals surface area contributed by atoms with E-state index in [0.717, 1.165) is 5.56 Å². The number of carbonyl (C=O) groups is 2. The molecule has 0 radical (unpaired) electrons. The zero-order valence-electron chi connectivity index (χ0n) is 16.5. The molecule has 0 aliphatic carbocycles. The molecule has 1 aliphatic heterocycles. The van der Waals surface area contributed by atoms with Crippen LogP contribution in [0.25, 0.3) is 0 Å². The molecule has 0 aromatic heterocycles. The maximum Gasteiger partial charge on any atom is 0.323 e. The maximum absolute atomic E-state index is 12.6. The summed E-state index contributed by atoms with van der Waals surface area (Å²) in [4.78, 5) is 26.8. The number of nitrogens with zero attached hydrogens (tertiary/aromatic N) is 1. The Morgan fingerprint density at radius 3 is 2.59 bits per heavy atom. The fourth-order valence-corrected chi connectivity index (χ4v) is 4.21. The molecule has 8 heteroatoms. The van der Waals surface area contributed by atoms with Gasteiger partial charge in [0.05, 0.1) is 20.1 Å². The summed E-state index contributed by atoms with van der Waals surface area (Å²) < 4.78 is 10.5. The van der Waals surface area contributed by atoms with Crippen molar-refractivity contribution in [1.29, 1.82) is 0 Å². The Morgan fingerprint density at radius 1 is 1.10 bits per heavy atom. The maximum atomic E-state index is 12.6. The minimum atomic E-state index is -0.478. The lowest BCUT2D eigenvalue weighted by atomic mass is 10.1. The van der Waals surface area contributed by atoms with Gasteiger partial charge in [-0.2, -0.15) is 0 Å². The summed E-state index contributed by atoms with van der Waals surface area (Å²) in [6.45, 7) is 0.476. The van der Waals surface area contributed by atoms with Gasteiger partial charge >= 0.3 is 6.03 Å². The van der Waals surface area contributed by atoms with Gasteiger partial charge in [-0.1, -0.05) is 24.3 Å². The number of amides is 3. The first-order valence-electron chi connectivity index (χ1n) is 9.31. The van der Waals surface area contributed by atoms with Crippen molar-refractivity contribution in [2.45, 2.75) is 12.5 Å². The molecule has 0 saturated carbocycles. The molecule has 3 amide bonds. The second-order valence-electron chi connectivity index (χ2n) is 6.51. The molecule has 1 atom stereocenters. The van der Waals surface area contributed by atoms with Crippen LogP contribution in [0.2, 0.25) is 0 Å². The Labute approximate surface area is 174 Å². The van der Waals surface area contributed by atoms with Crippen LogP contribution in [0, 0.1) is 0 Å². The first kappa shape index (κ1) is 20.9. The summed E-state index contributed by atoms with van der Waals surface area (Å²) in [5, 5.41) is 5.78. The van der Waals surface area contributed by atoms with Gasteiger partial charge in [-0.25, -0.2) is 4.79 Å². The van der Waals surface area contributed by atoms with Crippen LogP contribution in [0.1, 0.15) is 5.56 Å². The highest BCUT2D eigenvalue weighted by atomic mass is 32.2. The molecule has 0 spiro atoms. The Bertz CT molecular complexity index is 847. The van der Waals surface area contributed by atoms with Crippen LogP contribution < -0.4 is 20.1 Å². The lowest BCUT2D eigenvalue weighted by Crippen LogP contribution is -2.49. The molecule has 1 aliphatic rings. The average molecular weight is 416 g/mol. The molecule has 2 aromatic rings. The first-order chi connectivity index (χ1) is 14.1. The molecule has 7 nitrogen and oxygen atoms in total. The van der Waals surface area contributed by atoms with E-state index >= 15 is 0 Å². The predicted octanol–water partition coefficient (Wildman–Crippen LogP) is 2.97. The highest BCUT2D eigenvalue weighted by Crippen LogP contribution is 2.27. The third kappa shape index (κ3) is 5.35. The van der Waals surface area contributed by atoms with Gasteiger partial charge in [0, 0.05) is 18.0 Å². The topological polar surface area (TPSA) is 79.9 Å². The van der Waals surface area contributed by atoms with Crippen molar-refractivity contribution in [3.63, 3.8) is 0 Å². The summed E-state index contributed by atoms with van der Waals surface area (Å²) in [5.74, 6) is 2.27. The number of urea groups is 1. The van der Waals surface area contributed by atoms with Gasteiger partial charge in [0.1, 0.15) is 6.04 Å². The molecule has 0 unspecified atom stereocenters. The van der Waals surface area contributed by atoms with Gasteiger partial charge in [0.2, 0.25) is 5.91 Å². The monoisotopic (exact) mass is 415 g/mol. The number of benzene rings is 2. The number of para-hydroxylation sites is 1. The number of thioether (sulfide) groups is 1. The van der Waals surface area contributed by atoms with E-state index in [4.69, 9.17) is 9.47 Å². The van der Waals surface area contributed by atoms with Gasteiger partial charge in [0.25, 0.3) is 0 Å². The highest BCUT2D eigenvalue weighted by molar-refractivity contribution is 7.99. The van der Waals surface area contributed by atoms with Crippen molar-refractivity contribution in [2.24, 2.45) is 0 Å². The molecule has 2 aromatic carbocycles. The van der Waals surface area contributed by atoms with E-state index < -0.39 is 6.04 Å². The summed E-state index contributed by atoms with van der Waals surface area (Å²) in [5.41, 5.74) is 1.74. The van der Waals surface area contributed by atoms with Crippen LogP contribution in [0.5, 0.6) is 11.5 Å². The number of hydrogen-bond acceptors (Lipinski definition) is 5. The van der Waals surface area contributed by atoms with Crippen molar-refractivity contribution in [3.8, 4) is 11.5 Å². The van der Waals surface area contributed by atoms with Crippen LogP contribution in [0.4, 0.5) is 10.5 Å². The van der Waals surface area contributed by atoms with E-state index in [9.17, 15) is 9.59 Å². The lowest BCUT2D eigenvalue weighted by Gasteiger charge is -2.23. The Kier molecular flexibility index (Phi) is 7.24. The summed E-state index contributed by atoms with van der Waals surface area (Å²) in [6.07, 6.45) is 0.655. The summed E-state index contributed by atoms with van der Waals surface area (Å²) in [7, 11) is 3.19. The molecule has 2 N–H and O–H groups in total. The number of nitrogens with one attached hydrogen (secondary N) is 2. The van der Waals surface area contributed by atoms with Gasteiger partial charge in [-0.15, -0.1) is 11.8 Å². The average Bonchev–Trinajstić information content (AvgIpc) is 3.24. The van der Waals surface area contributed by atoms with Gasteiger partial charge in [-0.3, -0.25) is 4.79 Å². The molecule has 1 heterocycles. The lowest BCUT2D eigenvalue weighted by molar-refractivity contribution is -0.124. The van der Waals surface area contributed by atoms with Crippen LogP contribution in [0.3, 0.4) is 0 Å². The Balaban J connectivity index is 1.52. The number of rotatable bonds is 7. The van der Waals surface area contributed by atoms with Crippen molar-refractivity contribution in [1.82, 2.24) is 10.2 Å². The van der Waals surface area contributed by atoms with Crippen molar-refractivity contribution < 1.29 is 19.1 Å². The third-order valence-electron chi connectivity index (χ3n) is 4.63. The summed E-state index contributed by atoms with van der Waals surface area (Å²) >= 11 is 1.57. The normalized spacial score (nSPS) is 15.7. The zero-order valence-corrected chi connectivity index (χ0v) is 17.3. The highest BCUT2D eigenvalue weighted by Gasteiger charge is 2.34. The number of carbonyl (C=O) groups excluding carboxylic acids is 2. The predicted molar refractivity (Wildman–Crippen MR) is 115 cm³/mol. The van der Waals surface area contributed by atoms with E-state index in [1.54, 1.807) is 30.9 Å². The number of methoxy groups -OCH3 is 2. The molecular formula is C21H25N3O4S. The largest absolute Gasteiger partial charge is 0.493 e. The minimum absolute atomic E-state index is 0.140. The van der Waals surface area contributed by atoms with Gasteiger partial charge < -0.3 is 25.0 Å². The number of anilines is 1. The van der Waals surface area contributed by atoms with E-state index in [1.165, 1.54) is 0 Å². The second kappa shape index (κ2) is 10.1. The zero-order chi connectivity index (χ0) is 20.6. The first-order valence-corrected chi connectivity index (χ1v) is 10.5. The minimum Gasteiger partial charge on any atom is -0.493 e. The van der Waals surface area contributed by atoms with Crippen molar-refractivity contribution in [2.75, 3.05) is 37.7 Å². The Morgan fingerprint density at radius 2 is 1.86 bits per heavy atom. The van der Waals surface area contributed by atoms with E-state index in [2.05, 4.69) is 10.6 Å². The fourth-order valence-electron chi connectivity index (χ4n) is 3.06. The third-order valence-corrected chi connectivity index (χ3v) is 5.64. The van der Waals surface area contributed by atoms with E-state index in [-0.39, 0.29) is 11.9 Å². The standard InChI is InChI=1S/C21H25N3O4S/c1-27-18-9-8-15(12-19(18)28-2)10-11-22-20(25)17-13-29-14-24(17)21(26)23-16-6-4-3-5-7-16/h3-9,12,17H,10-11,13-14H2,1-2H3,(H,22,25)(H,23,26)/t17-/m0/s1. The molecular weight excluding hydrogens is 390 g/mol. The molecule has 1 saturated heterocycles. The van der Waals surface area contributed by atoms with E-state index in [0.29, 0.717) is 41.8 Å². The smallest absolute Gasteiger partial charge is 0.323 e. The SMILES string of the molecule is COc1ccc(CCNC(=O)[C@@H]2CSCN2C(=O)Nc2ccccc2)cc1OC. The van der Waals surface area contributed by atoms with Gasteiger partial charge in [-0.05, 0) is 36.2 Å². The fraction of sp³-hybridized carbons (Fsp3) is 0.333. The van der Waals surface area contributed by atoms with Crippen molar-refractivity contribution >= 4 is 29.4 Å². The van der Waals surface area contributed by atoms with E-state index in [1.807, 2.05) is 48.5 Å². The van der Waals surface area contributed by atoms with Crippen LogP contribution in [0.15, 0.2) is 48.5 Å². The molecule has 3 rings (SSSR count). The Hall–Kier alpha value is -2.87. The quantitative estimate of drug-likeness (QED) is 0.727. The van der Waals surface area contributed by atoms with Gasteiger partial charge in [0.15, 0.2) is 11.5 Å². The molecule has 154 valence electrons. The van der Waals surface area contributed by atoms with Crippen molar-refractivity contribution in [3.05, 3.63) is 54.1 Å². The van der Waals surface area contributed by atoms with Crippen LogP contribution in [-0.2, 0) is 11.2 Å². The number of hydrogen-bond donors (Lipinski definition) is 2. The molecule has 29 heavy (non-hydrogen) atoms. The summed E-state index contributed by atoms with van der Waals surface area (Å²) in [6, 6.07) is 14.2. The second-order valence-corrected chi connectivity index (χ2v) is 7.51. The molecule has 0 bridgehead atoms. The number of ether oxygens (including phenoxy) is 2. The molecule has 1 fully saturated rings.